The van der Waals surface area contributed by atoms with Crippen LogP contribution < -0.4 is 10.1 Å². The molecule has 0 radical (unpaired) electrons. The van der Waals surface area contributed by atoms with E-state index in [2.05, 4.69) is 15.0 Å². The summed E-state index contributed by atoms with van der Waals surface area (Å²) in [5.41, 5.74) is 2.70. The Morgan fingerprint density at radius 1 is 1.15 bits per heavy atom. The van der Waals surface area contributed by atoms with Crippen LogP contribution in [-0.4, -0.2) is 11.3 Å². The van der Waals surface area contributed by atoms with Crippen LogP contribution in [0.25, 0.3) is 10.9 Å². The predicted octanol–water partition coefficient (Wildman–Crippen LogP) is 6.40. The molecule has 3 aromatic rings. The summed E-state index contributed by atoms with van der Waals surface area (Å²) in [4.78, 5) is 4.51. The summed E-state index contributed by atoms with van der Waals surface area (Å²) in [5, 5.41) is 4.64. The Labute approximate surface area is 153 Å². The van der Waals surface area contributed by atoms with Crippen LogP contribution in [0, 0.1) is 6.92 Å². The monoisotopic (exact) mass is 380 g/mol. The van der Waals surface area contributed by atoms with E-state index < -0.39 is 6.36 Å². The zero-order valence-electron chi connectivity index (χ0n) is 14.1. The minimum absolute atomic E-state index is 0.230. The fourth-order valence-electron chi connectivity index (χ4n) is 2.78. The second-order valence-corrected chi connectivity index (χ2v) is 6.22. The van der Waals surface area contributed by atoms with Crippen molar-refractivity contribution >= 4 is 34.0 Å². The summed E-state index contributed by atoms with van der Waals surface area (Å²) >= 11 is 6.19. The lowest BCUT2D eigenvalue weighted by Crippen LogP contribution is -2.17. The smallest absolute Gasteiger partial charge is 0.406 e. The number of pyridine rings is 1. The van der Waals surface area contributed by atoms with Gasteiger partial charge in [-0.15, -0.1) is 13.2 Å². The number of nitrogens with one attached hydrogen (secondary N) is 1. The van der Waals surface area contributed by atoms with E-state index in [0.717, 1.165) is 5.39 Å². The Morgan fingerprint density at radius 3 is 2.62 bits per heavy atom. The first-order valence-electron chi connectivity index (χ1n) is 7.98. The highest BCUT2D eigenvalue weighted by Crippen LogP contribution is 2.33. The van der Waals surface area contributed by atoms with Gasteiger partial charge in [0, 0.05) is 11.1 Å². The average Bonchev–Trinajstić information content (AvgIpc) is 2.56. The van der Waals surface area contributed by atoms with Gasteiger partial charge < -0.3 is 10.1 Å². The van der Waals surface area contributed by atoms with Gasteiger partial charge in [0.25, 0.3) is 0 Å². The van der Waals surface area contributed by atoms with Gasteiger partial charge in [-0.1, -0.05) is 30.7 Å². The first kappa shape index (κ1) is 18.3. The highest BCUT2D eigenvalue weighted by atomic mass is 35.5. The Bertz CT molecular complexity index is 957. The Hall–Kier alpha value is -2.47. The molecule has 0 saturated carbocycles. The Balaban J connectivity index is 1.98. The molecule has 26 heavy (non-hydrogen) atoms. The highest BCUT2D eigenvalue weighted by Gasteiger charge is 2.31. The number of hydrogen-bond acceptors (Lipinski definition) is 3. The maximum Gasteiger partial charge on any atom is 0.573 e. The number of halogens is 4. The average molecular weight is 381 g/mol. The van der Waals surface area contributed by atoms with Crippen molar-refractivity contribution in [2.24, 2.45) is 0 Å². The molecule has 0 atom stereocenters. The van der Waals surface area contributed by atoms with Crippen molar-refractivity contribution in [3.8, 4) is 5.75 Å². The number of aryl methyl sites for hydroxylation is 2. The van der Waals surface area contributed by atoms with Gasteiger partial charge in [-0.25, -0.2) is 4.98 Å². The van der Waals surface area contributed by atoms with Gasteiger partial charge in [-0.3, -0.25) is 0 Å². The normalized spacial score (nSPS) is 11.6. The SMILES string of the molecule is CCc1cc(OC(F)(F)F)cc(C)c1Nc1ccc2cccc(Cl)c2n1. The number of benzene rings is 2. The van der Waals surface area contributed by atoms with Crippen LogP contribution >= 0.6 is 11.6 Å². The van der Waals surface area contributed by atoms with Crippen LogP contribution in [0.3, 0.4) is 0 Å². The molecule has 0 saturated heterocycles. The van der Waals surface area contributed by atoms with Crippen LogP contribution in [0.1, 0.15) is 18.1 Å². The summed E-state index contributed by atoms with van der Waals surface area (Å²) in [6, 6.07) is 11.9. The minimum Gasteiger partial charge on any atom is -0.406 e. The molecular formula is C19H16ClF3N2O. The number of aromatic nitrogens is 1. The van der Waals surface area contributed by atoms with E-state index in [1.54, 1.807) is 19.1 Å². The molecule has 0 bridgehead atoms. The maximum atomic E-state index is 12.5. The standard InChI is InChI=1S/C19H16ClF3N2O/c1-3-12-10-14(26-19(21,22)23)9-11(2)17(12)24-16-8-7-13-5-4-6-15(20)18(13)25-16/h4-10H,3H2,1-2H3,(H,24,25). The molecule has 7 heteroatoms. The molecule has 0 aliphatic carbocycles. The second-order valence-electron chi connectivity index (χ2n) is 5.81. The van der Waals surface area contributed by atoms with Crippen LogP contribution in [0.4, 0.5) is 24.7 Å². The Kier molecular flexibility index (Phi) is 4.96. The van der Waals surface area contributed by atoms with E-state index >= 15 is 0 Å². The molecule has 0 fully saturated rings. The fourth-order valence-corrected chi connectivity index (χ4v) is 3.01. The lowest BCUT2D eigenvalue weighted by Gasteiger charge is -2.17. The van der Waals surface area contributed by atoms with Gasteiger partial charge in [0.2, 0.25) is 0 Å². The van der Waals surface area contributed by atoms with Gasteiger partial charge in [0.05, 0.1) is 10.5 Å². The number of rotatable bonds is 4. The molecule has 3 nitrogen and oxygen atoms in total. The molecule has 0 spiro atoms. The van der Waals surface area contributed by atoms with Crippen LogP contribution in [0.5, 0.6) is 5.75 Å². The van der Waals surface area contributed by atoms with Gasteiger partial charge >= 0.3 is 6.36 Å². The van der Waals surface area contributed by atoms with Crippen LogP contribution in [-0.2, 0) is 6.42 Å². The fraction of sp³-hybridized carbons (Fsp3) is 0.211. The topological polar surface area (TPSA) is 34.1 Å². The quantitative estimate of drug-likeness (QED) is 0.568. The number of nitrogens with zero attached hydrogens (tertiary/aromatic N) is 1. The lowest BCUT2D eigenvalue weighted by molar-refractivity contribution is -0.274. The van der Waals surface area contributed by atoms with Crippen LogP contribution in [0.15, 0.2) is 42.5 Å². The van der Waals surface area contributed by atoms with Gasteiger partial charge in [0.15, 0.2) is 0 Å². The van der Waals surface area contributed by atoms with Crippen LogP contribution in [0.2, 0.25) is 5.02 Å². The largest absolute Gasteiger partial charge is 0.573 e. The zero-order valence-corrected chi connectivity index (χ0v) is 14.9. The Morgan fingerprint density at radius 2 is 1.92 bits per heavy atom. The van der Waals surface area contributed by atoms with Crippen molar-refractivity contribution in [3.05, 3.63) is 58.6 Å². The second kappa shape index (κ2) is 7.03. The van der Waals surface area contributed by atoms with Crippen molar-refractivity contribution in [1.82, 2.24) is 4.98 Å². The summed E-state index contributed by atoms with van der Waals surface area (Å²) in [6.45, 7) is 3.58. The molecule has 2 aromatic carbocycles. The lowest BCUT2D eigenvalue weighted by atomic mass is 10.0. The summed E-state index contributed by atoms with van der Waals surface area (Å²) in [5.74, 6) is 0.333. The third-order valence-electron chi connectivity index (χ3n) is 3.93. The first-order chi connectivity index (χ1) is 12.3. The van der Waals surface area contributed by atoms with Crippen molar-refractivity contribution < 1.29 is 17.9 Å². The van der Waals surface area contributed by atoms with Crippen molar-refractivity contribution in [2.45, 2.75) is 26.6 Å². The van der Waals surface area contributed by atoms with Crippen molar-refractivity contribution in [3.63, 3.8) is 0 Å². The van der Waals surface area contributed by atoms with Gasteiger partial charge in [-0.05, 0) is 54.8 Å². The molecule has 0 aliphatic rings. The predicted molar refractivity (Wildman–Crippen MR) is 97.3 cm³/mol. The summed E-state index contributed by atoms with van der Waals surface area (Å²) in [6.07, 6.45) is -4.18. The molecule has 3 rings (SSSR count). The zero-order chi connectivity index (χ0) is 18.9. The van der Waals surface area contributed by atoms with E-state index in [-0.39, 0.29) is 5.75 Å². The number of para-hydroxylation sites is 1. The van der Waals surface area contributed by atoms with E-state index in [0.29, 0.717) is 39.6 Å². The van der Waals surface area contributed by atoms with E-state index in [1.807, 2.05) is 25.1 Å². The molecular weight excluding hydrogens is 365 g/mol. The maximum absolute atomic E-state index is 12.5. The minimum atomic E-state index is -4.72. The molecule has 0 aliphatic heterocycles. The first-order valence-corrected chi connectivity index (χ1v) is 8.36. The molecule has 0 unspecified atom stereocenters. The van der Waals surface area contributed by atoms with Crippen molar-refractivity contribution in [1.29, 1.82) is 0 Å². The van der Waals surface area contributed by atoms with E-state index in [1.165, 1.54) is 12.1 Å². The third kappa shape index (κ3) is 4.02. The number of hydrogen-bond donors (Lipinski definition) is 1. The summed E-state index contributed by atoms with van der Waals surface area (Å²) < 4.78 is 41.5. The van der Waals surface area contributed by atoms with Gasteiger partial charge in [0.1, 0.15) is 11.6 Å². The van der Waals surface area contributed by atoms with E-state index in [9.17, 15) is 13.2 Å². The number of fused-ring (bicyclic) bond motifs is 1. The molecule has 1 aromatic heterocycles. The molecule has 1 N–H and O–H groups in total. The number of alkyl halides is 3. The highest BCUT2D eigenvalue weighted by molar-refractivity contribution is 6.35. The summed E-state index contributed by atoms with van der Waals surface area (Å²) in [7, 11) is 0. The molecule has 0 amide bonds. The molecule has 1 heterocycles. The van der Waals surface area contributed by atoms with Gasteiger partial charge in [-0.2, -0.15) is 0 Å². The van der Waals surface area contributed by atoms with E-state index in [4.69, 9.17) is 11.6 Å². The third-order valence-corrected chi connectivity index (χ3v) is 4.23. The van der Waals surface area contributed by atoms with Crippen molar-refractivity contribution in [2.75, 3.05) is 5.32 Å². The molecule has 136 valence electrons. The number of ether oxygens (including phenoxy) is 1. The number of anilines is 2.